The van der Waals surface area contributed by atoms with Gasteiger partial charge in [-0.1, -0.05) is 39.0 Å². The van der Waals surface area contributed by atoms with E-state index in [4.69, 9.17) is 5.73 Å². The van der Waals surface area contributed by atoms with Gasteiger partial charge in [-0.05, 0) is 13.0 Å². The highest BCUT2D eigenvalue weighted by atomic mass is 14.5. The monoisotopic (exact) mass is 130 g/mol. The predicted molar refractivity (Wildman–Crippen MR) is 43.5 cm³/mol. The van der Waals surface area contributed by atoms with Crippen LogP contribution in [0.2, 0.25) is 0 Å². The van der Waals surface area contributed by atoms with Crippen molar-refractivity contribution in [2.24, 2.45) is 5.73 Å². The molecule has 0 aliphatic heterocycles. The van der Waals surface area contributed by atoms with Crippen molar-refractivity contribution in [2.75, 3.05) is 6.54 Å². The smallest absolute Gasteiger partial charge is 0.330 e. The summed E-state index contributed by atoms with van der Waals surface area (Å²) in [4.78, 5) is 0. The van der Waals surface area contributed by atoms with Gasteiger partial charge < -0.3 is 5.73 Å². The third-order valence-corrected chi connectivity index (χ3v) is 1.56. The molecule has 0 fully saturated rings. The van der Waals surface area contributed by atoms with Crippen molar-refractivity contribution in [1.82, 2.24) is 0 Å². The summed E-state index contributed by atoms with van der Waals surface area (Å²) in [6.07, 6.45) is 8.05. The molecule has 1 heteroatoms. The zero-order chi connectivity index (χ0) is 6.95. The Labute approximate surface area is 60.1 Å². The number of rotatable bonds is 6. The molecule has 0 saturated heterocycles. The molecule has 0 spiro atoms. The molecule has 0 aromatic rings. The number of hydrogen-bond donors (Lipinski definition) is 1. The van der Waals surface area contributed by atoms with E-state index in [9.17, 15) is 0 Å². The van der Waals surface area contributed by atoms with E-state index in [1.807, 2.05) is 0 Å². The molecule has 0 heterocycles. The third kappa shape index (κ3) is 7.96. The molecule has 0 aliphatic carbocycles. The van der Waals surface area contributed by atoms with Crippen LogP contribution in [-0.4, -0.2) is 6.54 Å². The van der Waals surface area contributed by atoms with Crippen LogP contribution in [0.5, 0.6) is 0 Å². The lowest BCUT2D eigenvalue weighted by Crippen LogP contribution is -1.97. The van der Waals surface area contributed by atoms with E-state index in [2.05, 4.69) is 6.92 Å². The molecule has 56 valence electrons. The maximum absolute atomic E-state index is 5.34. The lowest BCUT2D eigenvalue weighted by Gasteiger charge is -1.96. The van der Waals surface area contributed by atoms with Crippen LogP contribution < -0.4 is 5.73 Å². The van der Waals surface area contributed by atoms with Gasteiger partial charge in [-0.25, -0.2) is 0 Å². The molecule has 1 nitrogen and oxygen atoms in total. The highest BCUT2D eigenvalue weighted by Gasteiger charge is 1.85. The molecule has 0 aliphatic rings. The van der Waals surface area contributed by atoms with Gasteiger partial charge in [0, 0.05) is 0 Å². The third-order valence-electron chi connectivity index (χ3n) is 1.56. The second kappa shape index (κ2) is 7.96. The maximum Gasteiger partial charge on any atom is 1.00 e. The quantitative estimate of drug-likeness (QED) is 0.549. The zero-order valence-corrected chi connectivity index (χ0v) is 6.53. The molecule has 0 atom stereocenters. The lowest BCUT2D eigenvalue weighted by atomic mass is 10.1. The van der Waals surface area contributed by atoms with E-state index in [-0.39, 0.29) is 1.43 Å². The average molecular weight is 130 g/mol. The minimum absolute atomic E-state index is 0. The van der Waals surface area contributed by atoms with Crippen LogP contribution in [-0.2, 0) is 0 Å². The van der Waals surface area contributed by atoms with Gasteiger partial charge in [-0.15, -0.1) is 0 Å². The van der Waals surface area contributed by atoms with Crippen LogP contribution in [0.4, 0.5) is 0 Å². The Morgan fingerprint density at radius 1 is 1.00 bits per heavy atom. The Hall–Kier alpha value is -0.0400. The standard InChI is InChI=1S/C8H19N/c1-2-3-4-5-6-7-8-9/h2-9H2,1H3/p+1. The van der Waals surface area contributed by atoms with Gasteiger partial charge in [0.25, 0.3) is 0 Å². The van der Waals surface area contributed by atoms with E-state index in [0.29, 0.717) is 0 Å². The first-order valence-corrected chi connectivity index (χ1v) is 4.12. The summed E-state index contributed by atoms with van der Waals surface area (Å²) in [7, 11) is 0. The Bertz CT molecular complexity index is 42.5. The topological polar surface area (TPSA) is 26.0 Å². The molecule has 0 aromatic heterocycles. The van der Waals surface area contributed by atoms with E-state index < -0.39 is 0 Å². The Kier molecular flexibility index (Phi) is 7.92. The number of unbranched alkanes of at least 4 members (excludes halogenated alkanes) is 5. The van der Waals surface area contributed by atoms with E-state index in [0.717, 1.165) is 6.54 Å². The molecule has 0 saturated carbocycles. The Morgan fingerprint density at radius 2 is 1.56 bits per heavy atom. The minimum Gasteiger partial charge on any atom is -0.330 e. The second-order valence-corrected chi connectivity index (χ2v) is 2.56. The van der Waals surface area contributed by atoms with Crippen molar-refractivity contribution >= 4 is 0 Å². The van der Waals surface area contributed by atoms with Crippen LogP contribution in [0.15, 0.2) is 0 Å². The maximum atomic E-state index is 5.34. The first-order valence-electron chi connectivity index (χ1n) is 4.12. The molecule has 2 N–H and O–H groups in total. The number of hydrogen-bond acceptors (Lipinski definition) is 1. The molecule has 0 radical (unpaired) electrons. The second-order valence-electron chi connectivity index (χ2n) is 2.56. The first-order chi connectivity index (χ1) is 4.41. The van der Waals surface area contributed by atoms with E-state index in [1.54, 1.807) is 0 Å². The van der Waals surface area contributed by atoms with E-state index in [1.165, 1.54) is 38.5 Å². The molecular formula is C8H20N+. The molecule has 0 unspecified atom stereocenters. The largest absolute Gasteiger partial charge is 1.00 e. The van der Waals surface area contributed by atoms with Crippen molar-refractivity contribution in [3.8, 4) is 0 Å². The molecule has 0 bridgehead atoms. The van der Waals surface area contributed by atoms with Gasteiger partial charge in [0.15, 0.2) is 0 Å². The first kappa shape index (κ1) is 8.96. The van der Waals surface area contributed by atoms with Gasteiger partial charge in [-0.3, -0.25) is 0 Å². The van der Waals surface area contributed by atoms with E-state index >= 15 is 0 Å². The van der Waals surface area contributed by atoms with Crippen LogP contribution in [0.3, 0.4) is 0 Å². The highest BCUT2D eigenvalue weighted by molar-refractivity contribution is 4.43. The van der Waals surface area contributed by atoms with Crippen molar-refractivity contribution in [3.63, 3.8) is 0 Å². The summed E-state index contributed by atoms with van der Waals surface area (Å²) < 4.78 is 0. The lowest BCUT2D eigenvalue weighted by molar-refractivity contribution is 0.612. The van der Waals surface area contributed by atoms with Crippen LogP contribution in [0.1, 0.15) is 46.9 Å². The van der Waals surface area contributed by atoms with Gasteiger partial charge in [0.1, 0.15) is 0 Å². The average Bonchev–Trinajstić information content (AvgIpc) is 1.89. The van der Waals surface area contributed by atoms with Crippen molar-refractivity contribution in [2.45, 2.75) is 45.4 Å². The van der Waals surface area contributed by atoms with Gasteiger partial charge >= 0.3 is 1.43 Å². The molecule has 0 rings (SSSR count). The molecule has 0 amide bonds. The van der Waals surface area contributed by atoms with Crippen LogP contribution in [0, 0.1) is 0 Å². The molecule has 9 heavy (non-hydrogen) atoms. The van der Waals surface area contributed by atoms with Crippen molar-refractivity contribution < 1.29 is 1.43 Å². The summed E-state index contributed by atoms with van der Waals surface area (Å²) >= 11 is 0. The summed E-state index contributed by atoms with van der Waals surface area (Å²) in [5, 5.41) is 0. The Morgan fingerprint density at radius 3 is 2.11 bits per heavy atom. The van der Waals surface area contributed by atoms with Crippen molar-refractivity contribution in [1.29, 1.82) is 0 Å². The van der Waals surface area contributed by atoms with Gasteiger partial charge in [0.2, 0.25) is 0 Å². The van der Waals surface area contributed by atoms with Crippen molar-refractivity contribution in [3.05, 3.63) is 0 Å². The van der Waals surface area contributed by atoms with Crippen LogP contribution in [0.25, 0.3) is 0 Å². The minimum atomic E-state index is 0. The number of nitrogens with two attached hydrogens (primary N) is 1. The van der Waals surface area contributed by atoms with Gasteiger partial charge in [0.05, 0.1) is 0 Å². The SMILES string of the molecule is CCCCCCCCN.[H+]. The summed E-state index contributed by atoms with van der Waals surface area (Å²) in [6, 6.07) is 0. The summed E-state index contributed by atoms with van der Waals surface area (Å²) in [5.74, 6) is 0. The molecular weight excluding hydrogens is 110 g/mol. The van der Waals surface area contributed by atoms with Gasteiger partial charge in [-0.2, -0.15) is 0 Å². The summed E-state index contributed by atoms with van der Waals surface area (Å²) in [6.45, 7) is 3.11. The fourth-order valence-corrected chi connectivity index (χ4v) is 0.925. The fourth-order valence-electron chi connectivity index (χ4n) is 0.925. The zero-order valence-electron chi connectivity index (χ0n) is 7.53. The summed E-state index contributed by atoms with van der Waals surface area (Å²) in [5.41, 5.74) is 5.34. The Balaban J connectivity index is 0. The van der Waals surface area contributed by atoms with Crippen LogP contribution >= 0.6 is 0 Å². The predicted octanol–water partition coefficient (Wildman–Crippen LogP) is 2.42. The molecule has 0 aromatic carbocycles. The normalized spacial score (nSPS) is 10.0. The highest BCUT2D eigenvalue weighted by Crippen LogP contribution is 2.03. The fraction of sp³-hybridized carbons (Fsp3) is 1.00.